The van der Waals surface area contributed by atoms with Crippen LogP contribution in [0.1, 0.15) is 97.4 Å². The molecule has 316 valence electrons. The second-order valence-corrected chi connectivity index (χ2v) is 15.9. The molecule has 60 heavy (non-hydrogen) atoms. The molecule has 0 aliphatic carbocycles. The van der Waals surface area contributed by atoms with Crippen molar-refractivity contribution in [2.75, 3.05) is 39.2 Å². The number of amides is 2. The Morgan fingerprint density at radius 3 is 2.13 bits per heavy atom. The zero-order valence-corrected chi connectivity index (χ0v) is 36.8. The van der Waals surface area contributed by atoms with Crippen LogP contribution in [0.25, 0.3) is 50.4 Å². The number of carboxylic acids is 1. The van der Waals surface area contributed by atoms with Crippen LogP contribution in [0.15, 0.2) is 43.5 Å². The number of imide groups is 1. The van der Waals surface area contributed by atoms with Crippen molar-refractivity contribution in [3.05, 3.63) is 88.5 Å². The van der Waals surface area contributed by atoms with E-state index >= 15 is 0 Å². The number of ketones is 1. The van der Waals surface area contributed by atoms with Crippen LogP contribution in [0, 0.1) is 13.8 Å². The van der Waals surface area contributed by atoms with Gasteiger partial charge in [0, 0.05) is 37.9 Å². The molecular formula is C46H51FeN5O7S. The summed E-state index contributed by atoms with van der Waals surface area (Å²) in [5.41, 5.74) is 13.0. The molecule has 1 unspecified atom stereocenters. The van der Waals surface area contributed by atoms with E-state index in [-0.39, 0.29) is 72.3 Å². The normalized spacial score (nSPS) is 15.2. The number of rotatable bonds is 19. The molecular weight excluding hydrogens is 822 g/mol. The van der Waals surface area contributed by atoms with Gasteiger partial charge < -0.3 is 24.5 Å². The molecule has 1 saturated heterocycles. The van der Waals surface area contributed by atoms with E-state index in [0.29, 0.717) is 67.9 Å². The standard InChI is InChI=1S/C46H52N5O7S.Fe/c1-8-31-26(3)35-21-36-28(5)33(13-12-30(52)11-10-17-57-19-20-58-18-16-51-44(53)25-43(59-7)46(51)56)41(49-36)24-42-34(14-15-45(54)55)29(6)38(50-42)23-40-32(9-2)27(4)37(48-40)22-39(31)47-35;/h8-9,21-24,43H,1-2,10-20,25H2,3-7H3,(H2-,47,48,49,50,54,55);/q-1;+2/p-1. The van der Waals surface area contributed by atoms with Gasteiger partial charge in [0.1, 0.15) is 5.78 Å². The van der Waals surface area contributed by atoms with E-state index < -0.39 is 5.97 Å². The van der Waals surface area contributed by atoms with E-state index in [0.717, 1.165) is 67.0 Å². The predicted octanol–water partition coefficient (Wildman–Crippen LogP) is 7.55. The third-order valence-electron chi connectivity index (χ3n) is 11.2. The summed E-state index contributed by atoms with van der Waals surface area (Å²) in [6.45, 7) is 17.7. The summed E-state index contributed by atoms with van der Waals surface area (Å²) in [4.78, 5) is 70.7. The van der Waals surface area contributed by atoms with E-state index in [4.69, 9.17) is 29.4 Å². The van der Waals surface area contributed by atoms with Gasteiger partial charge in [0.2, 0.25) is 11.8 Å². The van der Waals surface area contributed by atoms with Crippen molar-refractivity contribution in [3.63, 3.8) is 0 Å². The van der Waals surface area contributed by atoms with Crippen LogP contribution in [-0.2, 0) is 52.1 Å². The van der Waals surface area contributed by atoms with Crippen molar-refractivity contribution >= 4 is 85.8 Å². The number of Topliss-reactive ketones (excluding diaryl/α,β-unsaturated/α-hetero) is 1. The molecule has 6 rings (SSSR count). The van der Waals surface area contributed by atoms with Crippen molar-refractivity contribution < 1.29 is 50.8 Å². The summed E-state index contributed by atoms with van der Waals surface area (Å²) in [7, 11) is 0. The van der Waals surface area contributed by atoms with E-state index in [1.807, 2.05) is 64.3 Å². The monoisotopic (exact) mass is 873 g/mol. The Morgan fingerprint density at radius 2 is 1.45 bits per heavy atom. The Kier molecular flexibility index (Phi) is 15.9. The Labute approximate surface area is 365 Å². The second kappa shape index (κ2) is 20.6. The van der Waals surface area contributed by atoms with Crippen molar-refractivity contribution in [2.24, 2.45) is 0 Å². The van der Waals surface area contributed by atoms with Gasteiger partial charge in [-0.05, 0) is 75.5 Å². The minimum Gasteiger partial charge on any atom is -0.657 e. The average Bonchev–Trinajstić information content (AvgIpc) is 3.94. The Balaban J connectivity index is 0.00000683. The smallest absolute Gasteiger partial charge is 0.657 e. The predicted molar refractivity (Wildman–Crippen MR) is 233 cm³/mol. The molecule has 1 atom stereocenters. The average molecular weight is 874 g/mol. The quantitative estimate of drug-likeness (QED) is 0.0716. The Morgan fingerprint density at radius 1 is 0.817 bits per heavy atom. The molecule has 0 saturated carbocycles. The van der Waals surface area contributed by atoms with Gasteiger partial charge in [-0.2, -0.15) is 11.8 Å². The zero-order chi connectivity index (χ0) is 42.4. The maximum absolute atomic E-state index is 13.2. The first kappa shape index (κ1) is 46.2. The van der Waals surface area contributed by atoms with Crippen molar-refractivity contribution in [1.82, 2.24) is 24.8 Å². The van der Waals surface area contributed by atoms with Gasteiger partial charge in [-0.25, -0.2) is 9.97 Å². The zero-order valence-electron chi connectivity index (χ0n) is 34.8. The molecule has 1 fully saturated rings. The van der Waals surface area contributed by atoms with Crippen LogP contribution in [-0.4, -0.2) is 88.0 Å². The van der Waals surface area contributed by atoms with Crippen molar-refractivity contribution in [3.8, 4) is 0 Å². The summed E-state index contributed by atoms with van der Waals surface area (Å²) < 4.78 is 11.3. The van der Waals surface area contributed by atoms with Crippen molar-refractivity contribution in [2.45, 2.75) is 77.9 Å². The number of carboxylic acid groups (broad SMARTS) is 1. The van der Waals surface area contributed by atoms with Gasteiger partial charge in [0.05, 0.1) is 54.4 Å². The first-order valence-corrected chi connectivity index (χ1v) is 21.2. The topological polar surface area (TPSA) is 164 Å². The van der Waals surface area contributed by atoms with Crippen molar-refractivity contribution in [1.29, 1.82) is 0 Å². The first-order valence-electron chi connectivity index (χ1n) is 19.9. The van der Waals surface area contributed by atoms with Crippen LogP contribution in [0.5, 0.6) is 0 Å². The minimum atomic E-state index is -0.898. The molecule has 3 aliphatic rings. The Hall–Kier alpha value is -4.85. The number of fused-ring (bicyclic) bond motifs is 8. The SMILES string of the molecule is C=CC1=C(C)c2cc3[n-]c(cc4nc(cc5[n-]c(cc1n2)c(C)c5C=C)C(C)=C4CCC(=O)O)c(CCC(=O)CCCOCCOCCN1C(=O)CC(SC)C1=O)c3C.[Fe+2]. The van der Waals surface area contributed by atoms with Gasteiger partial charge in [-0.15, -0.1) is 22.1 Å². The fourth-order valence-corrected chi connectivity index (χ4v) is 8.33. The first-order chi connectivity index (χ1) is 28.3. The van der Waals surface area contributed by atoms with E-state index in [1.165, 1.54) is 16.7 Å². The maximum Gasteiger partial charge on any atom is 2.00 e. The molecule has 6 heterocycles. The molecule has 14 heteroatoms. The molecule has 2 amide bonds. The number of aryl methyl sites for hydroxylation is 3. The molecule has 3 aliphatic heterocycles. The number of carbonyl (C=O) groups is 4. The molecule has 3 aromatic heterocycles. The van der Waals surface area contributed by atoms with Gasteiger partial charge in [-0.1, -0.05) is 66.3 Å². The number of thioether (sulfide) groups is 1. The maximum atomic E-state index is 13.2. The number of nitrogens with zero attached hydrogens (tertiary/aromatic N) is 5. The van der Waals surface area contributed by atoms with Crippen LogP contribution in [0.3, 0.4) is 0 Å². The summed E-state index contributed by atoms with van der Waals surface area (Å²) in [5, 5.41) is 9.33. The number of aliphatic carboxylic acids is 1. The van der Waals surface area contributed by atoms with E-state index in [9.17, 15) is 24.3 Å². The second-order valence-electron chi connectivity index (χ2n) is 14.9. The number of ether oxygens (including phenoxy) is 2. The van der Waals surface area contributed by atoms with Gasteiger partial charge in [0.15, 0.2) is 0 Å². The molecule has 8 bridgehead atoms. The third kappa shape index (κ3) is 10.2. The number of aromatic nitrogens is 4. The molecule has 0 aromatic carbocycles. The summed E-state index contributed by atoms with van der Waals surface area (Å²) in [6.07, 6.45) is 7.58. The molecule has 0 spiro atoms. The largest absolute Gasteiger partial charge is 2.00 e. The number of carbonyl (C=O) groups excluding carboxylic acids is 3. The van der Waals surface area contributed by atoms with Crippen LogP contribution < -0.4 is 9.97 Å². The molecule has 1 N–H and O–H groups in total. The number of hydrogen-bond donors (Lipinski definition) is 1. The van der Waals surface area contributed by atoms with Crippen LogP contribution >= 0.6 is 11.8 Å². The minimum absolute atomic E-state index is 0. The van der Waals surface area contributed by atoms with E-state index in [1.54, 1.807) is 6.08 Å². The summed E-state index contributed by atoms with van der Waals surface area (Å²) in [5.74, 6) is -1.11. The Bertz CT molecular complexity index is 2450. The molecule has 0 radical (unpaired) electrons. The summed E-state index contributed by atoms with van der Waals surface area (Å²) >= 11 is 1.39. The number of hydrogen-bond acceptors (Lipinski definition) is 9. The fraction of sp³-hybridized carbons (Fsp3) is 0.391. The molecule has 3 aromatic rings. The fourth-order valence-electron chi connectivity index (χ4n) is 7.69. The van der Waals surface area contributed by atoms with Gasteiger partial charge in [0.25, 0.3) is 0 Å². The van der Waals surface area contributed by atoms with Gasteiger partial charge >= 0.3 is 23.0 Å². The summed E-state index contributed by atoms with van der Waals surface area (Å²) in [6, 6.07) is 7.78. The van der Waals surface area contributed by atoms with Crippen LogP contribution in [0.2, 0.25) is 0 Å². The number of allylic oxidation sites excluding steroid dienone is 5. The van der Waals surface area contributed by atoms with Gasteiger partial charge in [-0.3, -0.25) is 24.1 Å². The molecule has 12 nitrogen and oxygen atoms in total. The third-order valence-corrected chi connectivity index (χ3v) is 12.1. The van der Waals surface area contributed by atoms with Crippen LogP contribution in [0.4, 0.5) is 0 Å². The van der Waals surface area contributed by atoms with E-state index in [2.05, 4.69) is 13.2 Å². The number of likely N-dealkylation sites (tertiary alicyclic amines) is 1.